The first kappa shape index (κ1) is 15.9. The molecule has 0 radical (unpaired) electrons. The van der Waals surface area contributed by atoms with E-state index in [0.29, 0.717) is 0 Å². The molecule has 0 atom stereocenters. The number of hydrogen-bond donors (Lipinski definition) is 1. The first-order chi connectivity index (χ1) is 9.23. The molecule has 1 rings (SSSR count). The molecule has 0 aliphatic carbocycles. The highest BCUT2D eigenvalue weighted by Gasteiger charge is 2.27. The van der Waals surface area contributed by atoms with Crippen LogP contribution in [0.15, 0.2) is 18.2 Å². The van der Waals surface area contributed by atoms with Crippen LogP contribution in [0.25, 0.3) is 0 Å². The van der Waals surface area contributed by atoms with Gasteiger partial charge in [0.2, 0.25) is 5.91 Å². The predicted molar refractivity (Wildman–Crippen MR) is 60.7 cm³/mol. The standard InChI is InChI=1S/C11H10F4N2O3/c12-5-8-3-9(17(19)20)2-1-7(8)4-10(18)16-6-11(13,14)15/h1-3H,4-6H2,(H,16,18). The molecule has 0 fully saturated rings. The molecule has 0 bridgehead atoms. The Labute approximate surface area is 110 Å². The zero-order valence-electron chi connectivity index (χ0n) is 10.0. The van der Waals surface area contributed by atoms with E-state index in [0.717, 1.165) is 18.2 Å². The summed E-state index contributed by atoms with van der Waals surface area (Å²) in [4.78, 5) is 21.0. The Bertz CT molecular complexity index is 517. The Morgan fingerprint density at radius 1 is 1.30 bits per heavy atom. The average molecular weight is 294 g/mol. The molecule has 0 aromatic heterocycles. The number of rotatable bonds is 5. The SMILES string of the molecule is O=C(Cc1ccc([N+](=O)[O-])cc1CF)NCC(F)(F)F. The quantitative estimate of drug-likeness (QED) is 0.514. The third-order valence-electron chi connectivity index (χ3n) is 2.38. The average Bonchev–Trinajstić information content (AvgIpc) is 2.35. The molecule has 1 amide bonds. The molecule has 0 heterocycles. The lowest BCUT2D eigenvalue weighted by Crippen LogP contribution is -2.34. The zero-order valence-corrected chi connectivity index (χ0v) is 10.0. The van der Waals surface area contributed by atoms with Crippen molar-refractivity contribution < 1.29 is 27.3 Å². The van der Waals surface area contributed by atoms with Crippen LogP contribution < -0.4 is 5.32 Å². The molecular formula is C11H10F4N2O3. The second-order valence-electron chi connectivity index (χ2n) is 3.91. The Kier molecular flexibility index (Phi) is 5.00. The van der Waals surface area contributed by atoms with E-state index in [-0.39, 0.29) is 16.8 Å². The molecule has 0 spiro atoms. The van der Waals surface area contributed by atoms with E-state index in [1.807, 2.05) is 0 Å². The van der Waals surface area contributed by atoms with Crippen molar-refractivity contribution in [1.29, 1.82) is 0 Å². The molecule has 110 valence electrons. The number of carbonyl (C=O) groups excluding carboxylic acids is 1. The van der Waals surface area contributed by atoms with Gasteiger partial charge in [-0.2, -0.15) is 13.2 Å². The molecule has 5 nitrogen and oxygen atoms in total. The smallest absolute Gasteiger partial charge is 0.347 e. The molecule has 1 N–H and O–H groups in total. The van der Waals surface area contributed by atoms with Gasteiger partial charge in [0, 0.05) is 12.1 Å². The summed E-state index contributed by atoms with van der Waals surface area (Å²) in [5.74, 6) is -0.939. The van der Waals surface area contributed by atoms with E-state index < -0.39 is 36.6 Å². The number of carbonyl (C=O) groups is 1. The van der Waals surface area contributed by atoms with E-state index in [9.17, 15) is 32.5 Å². The Balaban J connectivity index is 2.77. The molecule has 0 aliphatic rings. The minimum Gasteiger partial charge on any atom is -0.347 e. The van der Waals surface area contributed by atoms with Crippen LogP contribution in [0.1, 0.15) is 11.1 Å². The van der Waals surface area contributed by atoms with Crippen LogP contribution in [0.3, 0.4) is 0 Å². The van der Waals surface area contributed by atoms with Gasteiger partial charge in [0.1, 0.15) is 13.2 Å². The molecule has 9 heteroatoms. The number of halogens is 4. The first-order valence-electron chi connectivity index (χ1n) is 5.38. The number of nitro benzene ring substituents is 1. The summed E-state index contributed by atoms with van der Waals surface area (Å²) < 4.78 is 48.4. The summed E-state index contributed by atoms with van der Waals surface area (Å²) in [6.07, 6.45) is -5.01. The summed E-state index contributed by atoms with van der Waals surface area (Å²) in [6.45, 7) is -2.53. The minimum atomic E-state index is -4.53. The van der Waals surface area contributed by atoms with E-state index >= 15 is 0 Å². The number of alkyl halides is 4. The maximum Gasteiger partial charge on any atom is 0.405 e. The van der Waals surface area contributed by atoms with Crippen LogP contribution in [-0.2, 0) is 17.9 Å². The number of nitrogens with one attached hydrogen (secondary N) is 1. The molecule has 1 aromatic carbocycles. The van der Waals surface area contributed by atoms with Gasteiger partial charge in [0.15, 0.2) is 0 Å². The van der Waals surface area contributed by atoms with Crippen molar-refractivity contribution in [3.8, 4) is 0 Å². The molecule has 0 unspecified atom stereocenters. The van der Waals surface area contributed by atoms with Crippen molar-refractivity contribution in [3.63, 3.8) is 0 Å². The predicted octanol–water partition coefficient (Wildman–Crippen LogP) is 2.29. The van der Waals surface area contributed by atoms with E-state index in [2.05, 4.69) is 0 Å². The van der Waals surface area contributed by atoms with Crippen molar-refractivity contribution in [2.45, 2.75) is 19.3 Å². The molecule has 20 heavy (non-hydrogen) atoms. The zero-order chi connectivity index (χ0) is 15.3. The number of nitro groups is 1. The molecule has 0 aliphatic heterocycles. The van der Waals surface area contributed by atoms with Crippen molar-refractivity contribution in [2.24, 2.45) is 0 Å². The summed E-state index contributed by atoms with van der Waals surface area (Å²) in [5, 5.41) is 12.1. The fourth-order valence-electron chi connectivity index (χ4n) is 1.46. The number of hydrogen-bond acceptors (Lipinski definition) is 3. The molecule has 0 saturated carbocycles. The summed E-state index contributed by atoms with van der Waals surface area (Å²) in [7, 11) is 0. The molecule has 1 aromatic rings. The summed E-state index contributed by atoms with van der Waals surface area (Å²) >= 11 is 0. The van der Waals surface area contributed by atoms with Gasteiger partial charge >= 0.3 is 6.18 Å². The third-order valence-corrected chi connectivity index (χ3v) is 2.38. The van der Waals surface area contributed by atoms with E-state index in [4.69, 9.17) is 0 Å². The lowest BCUT2D eigenvalue weighted by molar-refractivity contribution is -0.384. The van der Waals surface area contributed by atoms with Gasteiger partial charge in [-0.3, -0.25) is 14.9 Å². The van der Waals surface area contributed by atoms with Gasteiger partial charge in [-0.15, -0.1) is 0 Å². The maximum absolute atomic E-state index is 12.7. The number of benzene rings is 1. The second kappa shape index (κ2) is 6.31. The molecular weight excluding hydrogens is 284 g/mol. The van der Waals surface area contributed by atoms with Crippen LogP contribution in [0.4, 0.5) is 23.2 Å². The van der Waals surface area contributed by atoms with E-state index in [1.54, 1.807) is 5.32 Å². The number of nitrogens with zero attached hydrogens (tertiary/aromatic N) is 1. The van der Waals surface area contributed by atoms with Gasteiger partial charge in [0.05, 0.1) is 11.3 Å². The highest BCUT2D eigenvalue weighted by molar-refractivity contribution is 5.79. The van der Waals surface area contributed by atoms with Crippen LogP contribution in [-0.4, -0.2) is 23.6 Å². The Morgan fingerprint density at radius 3 is 2.45 bits per heavy atom. The monoisotopic (exact) mass is 294 g/mol. The summed E-state index contributed by atoms with van der Waals surface area (Å²) in [5.41, 5.74) is -0.337. The Morgan fingerprint density at radius 2 is 1.95 bits per heavy atom. The second-order valence-corrected chi connectivity index (χ2v) is 3.91. The Hall–Kier alpha value is -2.19. The lowest BCUT2D eigenvalue weighted by Gasteiger charge is -2.09. The van der Waals surface area contributed by atoms with Crippen molar-refractivity contribution in [2.75, 3.05) is 6.54 Å². The van der Waals surface area contributed by atoms with Gasteiger partial charge in [-0.25, -0.2) is 4.39 Å². The molecule has 0 saturated heterocycles. The van der Waals surface area contributed by atoms with Crippen LogP contribution in [0, 0.1) is 10.1 Å². The van der Waals surface area contributed by atoms with Crippen molar-refractivity contribution >= 4 is 11.6 Å². The summed E-state index contributed by atoms with van der Waals surface area (Å²) in [6, 6.07) is 3.16. The van der Waals surface area contributed by atoms with Gasteiger partial charge in [-0.05, 0) is 11.1 Å². The van der Waals surface area contributed by atoms with Crippen molar-refractivity contribution in [3.05, 3.63) is 39.4 Å². The lowest BCUT2D eigenvalue weighted by atomic mass is 10.0. The first-order valence-corrected chi connectivity index (χ1v) is 5.38. The highest BCUT2D eigenvalue weighted by Crippen LogP contribution is 2.19. The number of amides is 1. The maximum atomic E-state index is 12.7. The fraction of sp³-hybridized carbons (Fsp3) is 0.364. The number of non-ortho nitro benzene ring substituents is 1. The van der Waals surface area contributed by atoms with Gasteiger partial charge in [0.25, 0.3) is 5.69 Å². The highest BCUT2D eigenvalue weighted by atomic mass is 19.4. The third kappa shape index (κ3) is 4.82. The van der Waals surface area contributed by atoms with Gasteiger partial charge in [-0.1, -0.05) is 6.07 Å². The van der Waals surface area contributed by atoms with Gasteiger partial charge < -0.3 is 5.32 Å². The largest absolute Gasteiger partial charge is 0.405 e. The van der Waals surface area contributed by atoms with Crippen LogP contribution >= 0.6 is 0 Å². The van der Waals surface area contributed by atoms with Crippen LogP contribution in [0.2, 0.25) is 0 Å². The minimum absolute atomic E-state index is 0.0960. The topological polar surface area (TPSA) is 72.2 Å². The fourth-order valence-corrected chi connectivity index (χ4v) is 1.46. The normalized spacial score (nSPS) is 11.2. The van der Waals surface area contributed by atoms with Crippen LogP contribution in [0.5, 0.6) is 0 Å². The van der Waals surface area contributed by atoms with Crippen molar-refractivity contribution in [1.82, 2.24) is 5.32 Å². The van der Waals surface area contributed by atoms with E-state index in [1.165, 1.54) is 0 Å².